The van der Waals surface area contributed by atoms with Gasteiger partial charge >= 0.3 is 0 Å². The molecule has 0 saturated carbocycles. The van der Waals surface area contributed by atoms with Gasteiger partial charge in [0.1, 0.15) is 5.54 Å². The van der Waals surface area contributed by atoms with Crippen LogP contribution in [0.3, 0.4) is 0 Å². The van der Waals surface area contributed by atoms with Gasteiger partial charge < -0.3 is 16.0 Å². The normalized spacial score (nSPS) is 16.0. The number of hydrogen-bond acceptors (Lipinski definition) is 3. The lowest BCUT2D eigenvalue weighted by molar-refractivity contribution is -0.120. The molecule has 1 heterocycles. The Morgan fingerprint density at radius 3 is 2.33 bits per heavy atom. The first kappa shape index (κ1) is 20.9. The van der Waals surface area contributed by atoms with Crippen LogP contribution in [-0.4, -0.2) is 29.8 Å². The molecule has 3 N–H and O–H groups in total. The summed E-state index contributed by atoms with van der Waals surface area (Å²) in [6, 6.07) is 16.3. The molecule has 0 radical (unpaired) electrons. The third-order valence-electron chi connectivity index (χ3n) is 4.86. The number of benzene rings is 2. The van der Waals surface area contributed by atoms with Crippen molar-refractivity contribution in [2.45, 2.75) is 31.7 Å². The van der Waals surface area contributed by atoms with Crippen LogP contribution in [0.2, 0.25) is 0 Å². The van der Waals surface area contributed by atoms with Crippen molar-refractivity contribution in [2.24, 2.45) is 5.73 Å². The molecule has 1 fully saturated rings. The molecule has 1 aliphatic rings. The Hall–Kier alpha value is -2.37. The van der Waals surface area contributed by atoms with E-state index in [-0.39, 0.29) is 24.2 Å². The molecular weight excluding hydrogens is 362 g/mol. The van der Waals surface area contributed by atoms with E-state index in [2.05, 4.69) is 5.32 Å². The molecule has 1 atom stereocenters. The fourth-order valence-electron chi connectivity index (χ4n) is 3.19. The molecule has 3 rings (SSSR count). The van der Waals surface area contributed by atoms with Gasteiger partial charge in [-0.05, 0) is 49.9 Å². The molecule has 1 aliphatic heterocycles. The number of carbonyl (C=O) groups is 2. The van der Waals surface area contributed by atoms with E-state index in [1.807, 2.05) is 35.2 Å². The minimum absolute atomic E-state index is 0. The molecule has 0 aliphatic carbocycles. The first-order chi connectivity index (χ1) is 12.5. The quantitative estimate of drug-likeness (QED) is 0.842. The minimum atomic E-state index is -1.16. The second-order valence-electron chi connectivity index (χ2n) is 6.96. The Bertz CT molecular complexity index is 787. The third-order valence-corrected chi connectivity index (χ3v) is 4.86. The highest BCUT2D eigenvalue weighted by Gasteiger charge is 2.30. The number of halogens is 1. The molecule has 0 spiro atoms. The van der Waals surface area contributed by atoms with Gasteiger partial charge in [0.05, 0.1) is 0 Å². The molecule has 0 aromatic heterocycles. The topological polar surface area (TPSA) is 75.4 Å². The average Bonchev–Trinajstić information content (AvgIpc) is 2.69. The number of carbonyl (C=O) groups excluding carboxylic acids is 2. The van der Waals surface area contributed by atoms with Gasteiger partial charge in [0, 0.05) is 24.3 Å². The summed E-state index contributed by atoms with van der Waals surface area (Å²) in [7, 11) is 0. The number of nitrogens with zero attached hydrogens (tertiary/aromatic N) is 1. The molecule has 2 amide bonds. The van der Waals surface area contributed by atoms with Gasteiger partial charge in [0.15, 0.2) is 0 Å². The molecule has 5 nitrogen and oxygen atoms in total. The van der Waals surface area contributed by atoms with E-state index in [1.54, 1.807) is 31.2 Å². The number of hydrogen-bond donors (Lipinski definition) is 2. The van der Waals surface area contributed by atoms with Gasteiger partial charge in [-0.25, -0.2) is 0 Å². The Morgan fingerprint density at radius 1 is 1.00 bits per heavy atom. The summed E-state index contributed by atoms with van der Waals surface area (Å²) in [5, 5.41) is 2.84. The summed E-state index contributed by atoms with van der Waals surface area (Å²) in [4.78, 5) is 27.2. The van der Waals surface area contributed by atoms with Gasteiger partial charge in [-0.1, -0.05) is 36.4 Å². The van der Waals surface area contributed by atoms with Crippen molar-refractivity contribution < 1.29 is 9.59 Å². The highest BCUT2D eigenvalue weighted by Crippen LogP contribution is 2.21. The van der Waals surface area contributed by atoms with Crippen molar-refractivity contribution >= 4 is 29.9 Å². The molecule has 144 valence electrons. The van der Waals surface area contributed by atoms with Crippen molar-refractivity contribution in [3.63, 3.8) is 0 Å². The van der Waals surface area contributed by atoms with Gasteiger partial charge in [-0.15, -0.1) is 12.4 Å². The lowest BCUT2D eigenvalue weighted by atomic mass is 9.92. The zero-order valence-corrected chi connectivity index (χ0v) is 16.3. The predicted molar refractivity (Wildman–Crippen MR) is 110 cm³/mol. The maximum atomic E-state index is 12.7. The average molecular weight is 388 g/mol. The predicted octanol–water partition coefficient (Wildman–Crippen LogP) is 3.55. The van der Waals surface area contributed by atoms with E-state index < -0.39 is 5.54 Å². The SMILES string of the molecule is CC(N)(C(=O)Nc1cccc(C(=O)N2CCCCC2)c1)c1ccccc1.Cl. The van der Waals surface area contributed by atoms with Crippen molar-refractivity contribution in [3.05, 3.63) is 65.7 Å². The van der Waals surface area contributed by atoms with Gasteiger partial charge in [-0.2, -0.15) is 0 Å². The maximum absolute atomic E-state index is 12.7. The molecule has 2 aromatic carbocycles. The lowest BCUT2D eigenvalue weighted by Gasteiger charge is -2.27. The number of likely N-dealkylation sites (tertiary alicyclic amines) is 1. The molecule has 6 heteroatoms. The van der Waals surface area contributed by atoms with Crippen LogP contribution < -0.4 is 11.1 Å². The van der Waals surface area contributed by atoms with Crippen LogP contribution >= 0.6 is 12.4 Å². The number of amides is 2. The van der Waals surface area contributed by atoms with E-state index in [1.165, 1.54) is 6.42 Å². The van der Waals surface area contributed by atoms with Gasteiger partial charge in [-0.3, -0.25) is 9.59 Å². The second-order valence-corrected chi connectivity index (χ2v) is 6.96. The Balaban J connectivity index is 0.00000261. The lowest BCUT2D eigenvalue weighted by Crippen LogP contribution is -2.45. The molecule has 27 heavy (non-hydrogen) atoms. The van der Waals surface area contributed by atoms with E-state index >= 15 is 0 Å². The number of nitrogens with two attached hydrogens (primary N) is 1. The smallest absolute Gasteiger partial charge is 0.253 e. The third kappa shape index (κ3) is 4.87. The summed E-state index contributed by atoms with van der Waals surface area (Å²) >= 11 is 0. The Kier molecular flexibility index (Phi) is 6.99. The van der Waals surface area contributed by atoms with E-state index in [0.717, 1.165) is 31.5 Å². The first-order valence-electron chi connectivity index (χ1n) is 9.04. The second kappa shape index (κ2) is 9.02. The van der Waals surface area contributed by atoms with E-state index in [4.69, 9.17) is 5.73 Å². The van der Waals surface area contributed by atoms with Crippen LogP contribution in [0.1, 0.15) is 42.1 Å². The zero-order chi connectivity index (χ0) is 18.6. The van der Waals surface area contributed by atoms with Crippen molar-refractivity contribution in [3.8, 4) is 0 Å². The Morgan fingerprint density at radius 2 is 1.67 bits per heavy atom. The standard InChI is InChI=1S/C21H25N3O2.ClH/c1-21(22,17-10-4-2-5-11-17)20(26)23-18-12-8-9-16(15-18)19(25)24-13-6-3-7-14-24;/h2,4-5,8-12,15H,3,6-7,13-14,22H2,1H3,(H,23,26);1H. The highest BCUT2D eigenvalue weighted by molar-refractivity contribution is 6.00. The fraction of sp³-hybridized carbons (Fsp3) is 0.333. The van der Waals surface area contributed by atoms with Crippen molar-refractivity contribution in [1.29, 1.82) is 0 Å². The Labute approximate surface area is 166 Å². The van der Waals surface area contributed by atoms with Crippen LogP contribution in [0.5, 0.6) is 0 Å². The zero-order valence-electron chi connectivity index (χ0n) is 15.5. The van der Waals surface area contributed by atoms with E-state index in [9.17, 15) is 9.59 Å². The van der Waals surface area contributed by atoms with Crippen LogP contribution in [0.4, 0.5) is 5.69 Å². The van der Waals surface area contributed by atoms with Crippen molar-refractivity contribution in [2.75, 3.05) is 18.4 Å². The largest absolute Gasteiger partial charge is 0.339 e. The molecular formula is C21H26ClN3O2. The first-order valence-corrected chi connectivity index (χ1v) is 9.04. The summed E-state index contributed by atoms with van der Waals surface area (Å²) < 4.78 is 0. The number of rotatable bonds is 4. The molecule has 0 bridgehead atoms. The summed E-state index contributed by atoms with van der Waals surface area (Å²) in [6.45, 7) is 3.27. The maximum Gasteiger partial charge on any atom is 0.253 e. The summed E-state index contributed by atoms with van der Waals surface area (Å²) in [6.07, 6.45) is 3.27. The van der Waals surface area contributed by atoms with Crippen LogP contribution in [0.15, 0.2) is 54.6 Å². The molecule has 2 aromatic rings. The molecule has 1 unspecified atom stereocenters. The van der Waals surface area contributed by atoms with Crippen LogP contribution in [-0.2, 0) is 10.3 Å². The van der Waals surface area contributed by atoms with Crippen LogP contribution in [0.25, 0.3) is 0 Å². The fourth-order valence-corrected chi connectivity index (χ4v) is 3.19. The summed E-state index contributed by atoms with van der Waals surface area (Å²) in [5.74, 6) is -0.300. The molecule has 1 saturated heterocycles. The summed E-state index contributed by atoms with van der Waals surface area (Å²) in [5.41, 5.74) is 6.99. The monoisotopic (exact) mass is 387 g/mol. The van der Waals surface area contributed by atoms with Gasteiger partial charge in [0.2, 0.25) is 5.91 Å². The van der Waals surface area contributed by atoms with E-state index in [0.29, 0.717) is 11.3 Å². The van der Waals surface area contributed by atoms with Gasteiger partial charge in [0.25, 0.3) is 5.91 Å². The van der Waals surface area contributed by atoms with Crippen molar-refractivity contribution in [1.82, 2.24) is 4.90 Å². The minimum Gasteiger partial charge on any atom is -0.339 e. The number of anilines is 1. The van der Waals surface area contributed by atoms with Crippen LogP contribution in [0, 0.1) is 0 Å². The number of nitrogens with one attached hydrogen (secondary N) is 1. The number of piperidine rings is 1. The highest BCUT2D eigenvalue weighted by atomic mass is 35.5.